The number of unbranched alkanes of at least 4 members (excludes halogenated alkanes) is 1. The van der Waals surface area contributed by atoms with Gasteiger partial charge in [0.25, 0.3) is 0 Å². The number of carbonyl (C=O) groups is 1. The van der Waals surface area contributed by atoms with Crippen molar-refractivity contribution < 1.29 is 9.53 Å². The molecule has 0 saturated carbocycles. The number of hydrogen-bond acceptors (Lipinski definition) is 3. The number of ether oxygens (including phenoxy) is 1. The Morgan fingerprint density at radius 2 is 2.32 bits per heavy atom. The van der Waals surface area contributed by atoms with Gasteiger partial charge in [-0.1, -0.05) is 26.7 Å². The quantitative estimate of drug-likeness (QED) is 0.735. The van der Waals surface area contributed by atoms with Gasteiger partial charge in [0.05, 0.1) is 5.60 Å². The van der Waals surface area contributed by atoms with Crippen molar-refractivity contribution in [3.05, 3.63) is 0 Å². The van der Waals surface area contributed by atoms with Gasteiger partial charge in [0, 0.05) is 24.2 Å². The predicted molar refractivity (Wildman–Crippen MR) is 81.7 cm³/mol. The molecule has 0 aromatic carbocycles. The predicted octanol–water partition coefficient (Wildman–Crippen LogP) is 4.07. The lowest BCUT2D eigenvalue weighted by Crippen LogP contribution is -2.43. The Hall–Kier alpha value is -0.0200. The van der Waals surface area contributed by atoms with Gasteiger partial charge in [-0.2, -0.15) is 11.8 Å². The van der Waals surface area contributed by atoms with Crippen molar-refractivity contribution in [3.8, 4) is 0 Å². The summed E-state index contributed by atoms with van der Waals surface area (Å²) in [6, 6.07) is 0. The van der Waals surface area contributed by atoms with Crippen LogP contribution in [0, 0.1) is 11.8 Å². The molecule has 2 heterocycles. The fourth-order valence-electron chi connectivity index (χ4n) is 3.47. The minimum Gasteiger partial charge on any atom is -0.374 e. The van der Waals surface area contributed by atoms with E-state index in [1.54, 1.807) is 0 Å². The van der Waals surface area contributed by atoms with Crippen LogP contribution in [0.2, 0.25) is 0 Å². The molecule has 0 N–H and O–H groups in total. The second kappa shape index (κ2) is 7.12. The van der Waals surface area contributed by atoms with Gasteiger partial charge in [-0.3, -0.25) is 4.79 Å². The molecule has 0 radical (unpaired) electrons. The van der Waals surface area contributed by atoms with E-state index in [1.165, 1.54) is 18.6 Å². The number of ketones is 1. The zero-order valence-electron chi connectivity index (χ0n) is 12.5. The number of carbonyl (C=O) groups excluding carboxylic acids is 1. The Labute approximate surface area is 122 Å². The van der Waals surface area contributed by atoms with Crippen molar-refractivity contribution in [3.63, 3.8) is 0 Å². The van der Waals surface area contributed by atoms with E-state index in [0.29, 0.717) is 11.7 Å². The lowest BCUT2D eigenvalue weighted by atomic mass is 9.78. The first-order valence-electron chi connectivity index (χ1n) is 7.96. The minimum absolute atomic E-state index is 0.0479. The van der Waals surface area contributed by atoms with Crippen LogP contribution in [0.3, 0.4) is 0 Å². The molecule has 2 aliphatic rings. The molecule has 3 atom stereocenters. The van der Waals surface area contributed by atoms with E-state index in [1.807, 2.05) is 11.8 Å². The second-order valence-electron chi connectivity index (χ2n) is 6.17. The normalized spacial score (nSPS) is 32.6. The zero-order valence-corrected chi connectivity index (χ0v) is 13.3. The van der Waals surface area contributed by atoms with Crippen LogP contribution in [-0.4, -0.2) is 29.5 Å². The number of thioether (sulfide) groups is 1. The van der Waals surface area contributed by atoms with Gasteiger partial charge < -0.3 is 4.74 Å². The molecule has 0 bridgehead atoms. The molecule has 110 valence electrons. The Morgan fingerprint density at radius 1 is 1.47 bits per heavy atom. The van der Waals surface area contributed by atoms with Gasteiger partial charge in [0.2, 0.25) is 0 Å². The molecular weight excluding hydrogens is 256 g/mol. The smallest absolute Gasteiger partial charge is 0.139 e. The summed E-state index contributed by atoms with van der Waals surface area (Å²) >= 11 is 1.98. The van der Waals surface area contributed by atoms with Crippen LogP contribution in [0.15, 0.2) is 0 Å². The highest BCUT2D eigenvalue weighted by Gasteiger charge is 2.43. The number of rotatable bonds is 6. The van der Waals surface area contributed by atoms with E-state index >= 15 is 0 Å². The molecule has 0 aromatic rings. The Morgan fingerprint density at radius 3 is 2.95 bits per heavy atom. The summed E-state index contributed by atoms with van der Waals surface area (Å²) in [4.78, 5) is 12.7. The maximum absolute atomic E-state index is 12.7. The molecule has 2 nitrogen and oxygen atoms in total. The summed E-state index contributed by atoms with van der Waals surface area (Å²) in [5.74, 6) is 3.41. The first kappa shape index (κ1) is 15.4. The van der Waals surface area contributed by atoms with E-state index in [4.69, 9.17) is 4.74 Å². The molecule has 2 fully saturated rings. The summed E-state index contributed by atoms with van der Waals surface area (Å²) in [5.41, 5.74) is 0.0479. The van der Waals surface area contributed by atoms with Gasteiger partial charge in [0.15, 0.2) is 0 Å². The topological polar surface area (TPSA) is 26.3 Å². The monoisotopic (exact) mass is 284 g/mol. The van der Waals surface area contributed by atoms with E-state index < -0.39 is 0 Å². The van der Waals surface area contributed by atoms with Gasteiger partial charge in [-0.05, 0) is 37.9 Å². The van der Waals surface area contributed by atoms with E-state index in [2.05, 4.69) is 13.8 Å². The van der Waals surface area contributed by atoms with Gasteiger partial charge in [0.1, 0.15) is 5.78 Å². The number of hydrogen-bond donors (Lipinski definition) is 0. The molecule has 19 heavy (non-hydrogen) atoms. The summed E-state index contributed by atoms with van der Waals surface area (Å²) in [7, 11) is 0. The summed E-state index contributed by atoms with van der Waals surface area (Å²) < 4.78 is 6.03. The Kier molecular flexibility index (Phi) is 5.76. The summed E-state index contributed by atoms with van der Waals surface area (Å²) in [5, 5.41) is 0. The Bertz CT molecular complexity index is 297. The van der Waals surface area contributed by atoms with Gasteiger partial charge in [-0.15, -0.1) is 0 Å². The summed E-state index contributed by atoms with van der Waals surface area (Å²) in [6.45, 7) is 5.16. The van der Waals surface area contributed by atoms with E-state index in [9.17, 15) is 4.79 Å². The maximum atomic E-state index is 12.7. The van der Waals surface area contributed by atoms with Crippen LogP contribution in [0.25, 0.3) is 0 Å². The highest BCUT2D eigenvalue weighted by atomic mass is 32.2. The van der Waals surface area contributed by atoms with Crippen LogP contribution in [0.5, 0.6) is 0 Å². The van der Waals surface area contributed by atoms with Crippen molar-refractivity contribution >= 4 is 17.5 Å². The third-order valence-electron chi connectivity index (χ3n) is 4.76. The van der Waals surface area contributed by atoms with Crippen molar-refractivity contribution in [2.45, 2.75) is 64.4 Å². The first-order chi connectivity index (χ1) is 9.21. The largest absolute Gasteiger partial charge is 0.374 e. The number of Topliss-reactive ketones (excluding diaryl/α,β-unsaturated/α-hetero) is 1. The van der Waals surface area contributed by atoms with Crippen LogP contribution in [0.1, 0.15) is 58.8 Å². The first-order valence-corrected chi connectivity index (χ1v) is 9.11. The van der Waals surface area contributed by atoms with E-state index in [0.717, 1.165) is 44.5 Å². The molecule has 0 amide bonds. The van der Waals surface area contributed by atoms with Crippen molar-refractivity contribution in [2.24, 2.45) is 11.8 Å². The second-order valence-corrected chi connectivity index (χ2v) is 7.28. The highest BCUT2D eigenvalue weighted by Crippen LogP contribution is 2.41. The van der Waals surface area contributed by atoms with Crippen molar-refractivity contribution in [2.75, 3.05) is 18.1 Å². The molecule has 3 unspecified atom stereocenters. The molecular formula is C16H28O2S. The lowest BCUT2D eigenvalue weighted by molar-refractivity contribution is -0.138. The lowest BCUT2D eigenvalue weighted by Gasteiger charge is -2.38. The van der Waals surface area contributed by atoms with Crippen molar-refractivity contribution in [1.82, 2.24) is 0 Å². The molecule has 0 aliphatic carbocycles. The van der Waals surface area contributed by atoms with Crippen LogP contribution >= 0.6 is 11.8 Å². The molecule has 2 aliphatic heterocycles. The van der Waals surface area contributed by atoms with Gasteiger partial charge >= 0.3 is 0 Å². The molecule has 1 spiro atoms. The third-order valence-corrected chi connectivity index (χ3v) is 5.99. The molecule has 2 saturated heterocycles. The third kappa shape index (κ3) is 3.75. The standard InChI is InChI=1S/C16H28O2S/c1-3-5-6-13(4-2)15(17)14-7-9-18-16(11-14)8-10-19-12-16/h13-14H,3-12H2,1-2H3. The molecule has 2 rings (SSSR count). The van der Waals surface area contributed by atoms with Crippen LogP contribution in [0.4, 0.5) is 0 Å². The van der Waals surface area contributed by atoms with Crippen molar-refractivity contribution in [1.29, 1.82) is 0 Å². The Balaban J connectivity index is 1.93. The van der Waals surface area contributed by atoms with Crippen LogP contribution in [-0.2, 0) is 9.53 Å². The average molecular weight is 284 g/mol. The van der Waals surface area contributed by atoms with Gasteiger partial charge in [-0.25, -0.2) is 0 Å². The van der Waals surface area contributed by atoms with Crippen LogP contribution < -0.4 is 0 Å². The zero-order chi connectivity index (χ0) is 13.7. The maximum Gasteiger partial charge on any atom is 0.139 e. The fraction of sp³-hybridized carbons (Fsp3) is 0.938. The molecule has 0 aromatic heterocycles. The van der Waals surface area contributed by atoms with E-state index in [-0.39, 0.29) is 11.5 Å². The highest BCUT2D eigenvalue weighted by molar-refractivity contribution is 7.99. The minimum atomic E-state index is 0.0479. The summed E-state index contributed by atoms with van der Waals surface area (Å²) in [6.07, 6.45) is 7.57. The SMILES string of the molecule is CCCCC(CC)C(=O)C1CCOC2(CCSC2)C1. The molecule has 3 heteroatoms. The average Bonchev–Trinajstić information content (AvgIpc) is 2.87. The fourth-order valence-corrected chi connectivity index (χ4v) is 4.84.